The van der Waals surface area contributed by atoms with Gasteiger partial charge in [0.05, 0.1) is 4.92 Å². The van der Waals surface area contributed by atoms with Gasteiger partial charge in [-0.2, -0.15) is 0 Å². The highest BCUT2D eigenvalue weighted by Crippen LogP contribution is 2.29. The van der Waals surface area contributed by atoms with Crippen LogP contribution in [0.4, 0.5) is 5.69 Å². The van der Waals surface area contributed by atoms with Gasteiger partial charge in [-0.05, 0) is 30.9 Å². The Bertz CT molecular complexity index is 545. The van der Waals surface area contributed by atoms with Crippen molar-refractivity contribution in [1.29, 1.82) is 0 Å². The average molecular weight is 297 g/mol. The van der Waals surface area contributed by atoms with Gasteiger partial charge in [0.1, 0.15) is 5.02 Å². The van der Waals surface area contributed by atoms with Crippen LogP contribution in [0.25, 0.3) is 0 Å². The maximum Gasteiger partial charge on any atom is 0.288 e. The Labute approximate surface area is 122 Å². The van der Waals surface area contributed by atoms with Crippen LogP contribution in [-0.2, 0) is 0 Å². The largest absolute Gasteiger partial charge is 0.335 e. The van der Waals surface area contributed by atoms with Gasteiger partial charge in [0.15, 0.2) is 0 Å². The lowest BCUT2D eigenvalue weighted by Crippen LogP contribution is -2.38. The number of carbonyl (C=O) groups excluding carboxylic acids is 1. The second-order valence-electron chi connectivity index (χ2n) is 5.38. The van der Waals surface area contributed by atoms with Gasteiger partial charge in [-0.1, -0.05) is 25.4 Å². The second kappa shape index (κ2) is 5.79. The summed E-state index contributed by atoms with van der Waals surface area (Å²) in [5.41, 5.74) is 0.103. The van der Waals surface area contributed by atoms with E-state index in [1.807, 2.05) is 4.90 Å². The molecule has 1 aliphatic rings. The van der Waals surface area contributed by atoms with Crippen molar-refractivity contribution in [3.8, 4) is 0 Å². The van der Waals surface area contributed by atoms with Gasteiger partial charge < -0.3 is 4.90 Å². The van der Waals surface area contributed by atoms with Crippen molar-refractivity contribution < 1.29 is 9.72 Å². The smallest absolute Gasteiger partial charge is 0.288 e. The number of nitro groups is 1. The Morgan fingerprint density at radius 3 is 2.80 bits per heavy atom. The first-order valence-corrected chi connectivity index (χ1v) is 7.04. The predicted octanol–water partition coefficient (Wildman–Crippen LogP) is 3.51. The molecule has 1 fully saturated rings. The topological polar surface area (TPSA) is 63.5 Å². The van der Waals surface area contributed by atoms with E-state index in [9.17, 15) is 14.9 Å². The number of rotatable bonds is 3. The summed E-state index contributed by atoms with van der Waals surface area (Å²) in [5.74, 6) is 0.227. The number of likely N-dealkylation sites (tertiary alicyclic amines) is 1. The molecule has 1 unspecified atom stereocenters. The zero-order chi connectivity index (χ0) is 14.9. The van der Waals surface area contributed by atoms with Crippen LogP contribution in [-0.4, -0.2) is 28.3 Å². The second-order valence-corrected chi connectivity index (χ2v) is 5.78. The van der Waals surface area contributed by atoms with E-state index >= 15 is 0 Å². The van der Waals surface area contributed by atoms with Crippen LogP contribution in [0, 0.1) is 16.0 Å². The van der Waals surface area contributed by atoms with Gasteiger partial charge in [0, 0.05) is 24.2 Å². The summed E-state index contributed by atoms with van der Waals surface area (Å²) < 4.78 is 0. The number of halogens is 1. The van der Waals surface area contributed by atoms with Crippen LogP contribution in [0.3, 0.4) is 0 Å². The molecule has 1 aromatic rings. The van der Waals surface area contributed by atoms with Crippen LogP contribution < -0.4 is 0 Å². The molecular weight excluding hydrogens is 280 g/mol. The summed E-state index contributed by atoms with van der Waals surface area (Å²) >= 11 is 5.77. The molecule has 1 aliphatic heterocycles. The third-order valence-corrected chi connectivity index (χ3v) is 4.04. The van der Waals surface area contributed by atoms with E-state index in [2.05, 4.69) is 13.8 Å². The average Bonchev–Trinajstić information content (AvgIpc) is 2.87. The molecule has 5 nitrogen and oxygen atoms in total. The molecule has 108 valence electrons. The minimum atomic E-state index is -0.566. The molecule has 0 aromatic heterocycles. The molecule has 1 atom stereocenters. The Morgan fingerprint density at radius 2 is 2.20 bits per heavy atom. The molecule has 0 radical (unpaired) electrons. The molecule has 2 rings (SSSR count). The van der Waals surface area contributed by atoms with Gasteiger partial charge in [-0.15, -0.1) is 0 Å². The zero-order valence-electron chi connectivity index (χ0n) is 11.5. The zero-order valence-corrected chi connectivity index (χ0v) is 12.3. The summed E-state index contributed by atoms with van der Waals surface area (Å²) in [7, 11) is 0. The fraction of sp³-hybridized carbons (Fsp3) is 0.500. The number of nitrogens with zero attached hydrogens (tertiary/aromatic N) is 2. The molecule has 0 saturated carbocycles. The molecule has 0 N–H and O–H groups in total. The van der Waals surface area contributed by atoms with Crippen molar-refractivity contribution in [2.45, 2.75) is 32.7 Å². The summed E-state index contributed by atoms with van der Waals surface area (Å²) in [6.45, 7) is 4.87. The van der Waals surface area contributed by atoms with Crippen molar-refractivity contribution in [2.24, 2.45) is 5.92 Å². The first-order valence-electron chi connectivity index (χ1n) is 6.66. The SMILES string of the molecule is CC(C)C1CCCN1C(=O)c1ccc(Cl)c([N+](=O)[O-])c1. The number of carbonyl (C=O) groups is 1. The van der Waals surface area contributed by atoms with E-state index in [0.29, 0.717) is 18.0 Å². The van der Waals surface area contributed by atoms with E-state index in [4.69, 9.17) is 11.6 Å². The normalized spacial score (nSPS) is 18.6. The number of amides is 1. The van der Waals surface area contributed by atoms with E-state index < -0.39 is 4.92 Å². The monoisotopic (exact) mass is 296 g/mol. The van der Waals surface area contributed by atoms with Crippen molar-refractivity contribution in [3.63, 3.8) is 0 Å². The highest BCUT2D eigenvalue weighted by molar-refractivity contribution is 6.32. The molecule has 1 amide bonds. The van der Waals surface area contributed by atoms with Crippen molar-refractivity contribution in [3.05, 3.63) is 38.9 Å². The molecule has 1 heterocycles. The fourth-order valence-corrected chi connectivity index (χ4v) is 2.88. The minimum absolute atomic E-state index is 0.0494. The Hall–Kier alpha value is -1.62. The third-order valence-electron chi connectivity index (χ3n) is 3.72. The van der Waals surface area contributed by atoms with E-state index in [0.717, 1.165) is 12.8 Å². The molecule has 0 bridgehead atoms. The summed E-state index contributed by atoms with van der Waals surface area (Å²) in [6.07, 6.45) is 1.96. The summed E-state index contributed by atoms with van der Waals surface area (Å²) in [4.78, 5) is 24.6. The van der Waals surface area contributed by atoms with Crippen LogP contribution >= 0.6 is 11.6 Å². The van der Waals surface area contributed by atoms with Gasteiger partial charge in [-0.3, -0.25) is 14.9 Å². The minimum Gasteiger partial charge on any atom is -0.335 e. The number of benzene rings is 1. The number of hydrogen-bond donors (Lipinski definition) is 0. The van der Waals surface area contributed by atoms with Crippen LogP contribution in [0.5, 0.6) is 0 Å². The van der Waals surface area contributed by atoms with Gasteiger partial charge in [0.2, 0.25) is 0 Å². The lowest BCUT2D eigenvalue weighted by Gasteiger charge is -2.27. The van der Waals surface area contributed by atoms with Gasteiger partial charge in [-0.25, -0.2) is 0 Å². The molecule has 0 aliphatic carbocycles. The summed E-state index contributed by atoms with van der Waals surface area (Å²) in [5, 5.41) is 10.9. The highest BCUT2D eigenvalue weighted by atomic mass is 35.5. The van der Waals surface area contributed by atoms with E-state index in [1.165, 1.54) is 12.1 Å². The van der Waals surface area contributed by atoms with Gasteiger partial charge >= 0.3 is 0 Å². The quantitative estimate of drug-likeness (QED) is 0.633. The number of nitro benzene ring substituents is 1. The first-order chi connectivity index (χ1) is 9.41. The predicted molar refractivity (Wildman–Crippen MR) is 77.0 cm³/mol. The lowest BCUT2D eigenvalue weighted by atomic mass is 10.0. The van der Waals surface area contributed by atoms with Gasteiger partial charge in [0.25, 0.3) is 11.6 Å². The summed E-state index contributed by atoms with van der Waals surface area (Å²) in [6, 6.07) is 4.43. The standard InChI is InChI=1S/C14H17ClN2O3/c1-9(2)12-4-3-7-16(12)14(18)10-5-6-11(15)13(8-10)17(19)20/h5-6,8-9,12H,3-4,7H2,1-2H3. The number of hydrogen-bond acceptors (Lipinski definition) is 3. The third kappa shape index (κ3) is 2.77. The Kier molecular flexibility index (Phi) is 4.28. The van der Waals surface area contributed by atoms with E-state index in [1.54, 1.807) is 6.07 Å². The Morgan fingerprint density at radius 1 is 1.50 bits per heavy atom. The van der Waals surface area contributed by atoms with Crippen molar-refractivity contribution in [2.75, 3.05) is 6.54 Å². The molecule has 1 aromatic carbocycles. The first kappa shape index (κ1) is 14.8. The lowest BCUT2D eigenvalue weighted by molar-refractivity contribution is -0.384. The molecule has 6 heteroatoms. The maximum absolute atomic E-state index is 12.5. The van der Waals surface area contributed by atoms with Crippen molar-refractivity contribution in [1.82, 2.24) is 4.90 Å². The molecule has 0 spiro atoms. The van der Waals surface area contributed by atoms with Crippen molar-refractivity contribution >= 4 is 23.2 Å². The molecule has 1 saturated heterocycles. The molecular formula is C14H17ClN2O3. The van der Waals surface area contributed by atoms with Crippen LogP contribution in [0.2, 0.25) is 5.02 Å². The maximum atomic E-state index is 12.5. The Balaban J connectivity index is 2.29. The highest BCUT2D eigenvalue weighted by Gasteiger charge is 2.32. The fourth-order valence-electron chi connectivity index (χ4n) is 2.69. The van der Waals surface area contributed by atoms with Crippen LogP contribution in [0.1, 0.15) is 37.0 Å². The molecule has 20 heavy (non-hydrogen) atoms. The van der Waals surface area contributed by atoms with E-state index in [-0.39, 0.29) is 22.7 Å². The van der Waals surface area contributed by atoms with Crippen LogP contribution in [0.15, 0.2) is 18.2 Å².